The summed E-state index contributed by atoms with van der Waals surface area (Å²) in [5.41, 5.74) is 10.8. The molecular formula is C15H26N2O. The molecule has 1 atom stereocenters. The van der Waals surface area contributed by atoms with E-state index in [-0.39, 0.29) is 6.10 Å². The van der Waals surface area contributed by atoms with E-state index >= 15 is 0 Å². The predicted octanol–water partition coefficient (Wildman–Crippen LogP) is 1.75. The van der Waals surface area contributed by atoms with Crippen molar-refractivity contribution in [3.63, 3.8) is 0 Å². The summed E-state index contributed by atoms with van der Waals surface area (Å²) in [6.07, 6.45) is 0.336. The van der Waals surface area contributed by atoms with Gasteiger partial charge in [0.1, 0.15) is 0 Å². The summed E-state index contributed by atoms with van der Waals surface area (Å²) in [4.78, 5) is 2.15. The first kappa shape index (κ1) is 15.2. The van der Waals surface area contributed by atoms with E-state index in [9.17, 15) is 5.11 Å². The molecule has 0 heterocycles. The maximum absolute atomic E-state index is 9.74. The second-order valence-electron chi connectivity index (χ2n) is 5.22. The smallest absolute Gasteiger partial charge is 0.0679 e. The van der Waals surface area contributed by atoms with Crippen LogP contribution in [0, 0.1) is 20.8 Å². The van der Waals surface area contributed by atoms with Crippen LogP contribution in [0.2, 0.25) is 0 Å². The van der Waals surface area contributed by atoms with E-state index in [0.717, 1.165) is 6.54 Å². The Morgan fingerprint density at radius 3 is 2.50 bits per heavy atom. The number of benzene rings is 1. The van der Waals surface area contributed by atoms with Gasteiger partial charge in [-0.2, -0.15) is 0 Å². The first-order chi connectivity index (χ1) is 8.45. The van der Waals surface area contributed by atoms with Crippen LogP contribution < -0.4 is 5.73 Å². The fourth-order valence-electron chi connectivity index (χ4n) is 2.18. The van der Waals surface area contributed by atoms with Gasteiger partial charge < -0.3 is 10.8 Å². The van der Waals surface area contributed by atoms with Crippen LogP contribution in [-0.2, 0) is 6.54 Å². The van der Waals surface area contributed by atoms with E-state index < -0.39 is 0 Å². The lowest BCUT2D eigenvalue weighted by Gasteiger charge is -2.22. The summed E-state index contributed by atoms with van der Waals surface area (Å²) in [5.74, 6) is 0. The van der Waals surface area contributed by atoms with Crippen LogP contribution in [0.3, 0.4) is 0 Å². The summed E-state index contributed by atoms with van der Waals surface area (Å²) >= 11 is 0. The van der Waals surface area contributed by atoms with Crippen molar-refractivity contribution >= 4 is 0 Å². The van der Waals surface area contributed by atoms with Crippen LogP contribution in [0.5, 0.6) is 0 Å². The molecule has 0 spiro atoms. The second-order valence-corrected chi connectivity index (χ2v) is 5.22. The van der Waals surface area contributed by atoms with Crippen molar-refractivity contribution in [1.29, 1.82) is 0 Å². The van der Waals surface area contributed by atoms with E-state index in [4.69, 9.17) is 5.73 Å². The Bertz CT molecular complexity index is 390. The molecule has 1 aromatic rings. The number of rotatable bonds is 6. The fraction of sp³-hybridized carbons (Fsp3) is 0.600. The van der Waals surface area contributed by atoms with E-state index in [1.165, 1.54) is 22.3 Å². The van der Waals surface area contributed by atoms with Gasteiger partial charge in [0.05, 0.1) is 6.10 Å². The Labute approximate surface area is 111 Å². The minimum absolute atomic E-state index is 0.327. The van der Waals surface area contributed by atoms with Crippen LogP contribution in [-0.4, -0.2) is 36.2 Å². The van der Waals surface area contributed by atoms with E-state index in [0.29, 0.717) is 19.5 Å². The summed E-state index contributed by atoms with van der Waals surface area (Å²) < 4.78 is 0. The molecule has 0 fully saturated rings. The number of aliphatic hydroxyl groups is 1. The lowest BCUT2D eigenvalue weighted by molar-refractivity contribution is 0.117. The molecule has 102 valence electrons. The summed E-state index contributed by atoms with van der Waals surface area (Å²) in [5, 5.41) is 9.74. The number of nitrogens with two attached hydrogens (primary N) is 1. The van der Waals surface area contributed by atoms with Crippen LogP contribution >= 0.6 is 0 Å². The molecule has 0 saturated heterocycles. The third-order valence-corrected chi connectivity index (χ3v) is 3.63. The van der Waals surface area contributed by atoms with Gasteiger partial charge in [0, 0.05) is 13.1 Å². The van der Waals surface area contributed by atoms with Crippen molar-refractivity contribution in [2.45, 2.75) is 39.8 Å². The summed E-state index contributed by atoms with van der Waals surface area (Å²) in [6, 6.07) is 4.35. The third kappa shape index (κ3) is 4.09. The van der Waals surface area contributed by atoms with E-state index in [1.807, 2.05) is 7.05 Å². The summed E-state index contributed by atoms with van der Waals surface area (Å²) in [7, 11) is 2.04. The first-order valence-corrected chi connectivity index (χ1v) is 6.58. The largest absolute Gasteiger partial charge is 0.392 e. The monoisotopic (exact) mass is 250 g/mol. The molecule has 1 aromatic carbocycles. The zero-order chi connectivity index (χ0) is 13.7. The Morgan fingerprint density at radius 2 is 1.89 bits per heavy atom. The average Bonchev–Trinajstić information content (AvgIpc) is 2.30. The highest BCUT2D eigenvalue weighted by Crippen LogP contribution is 2.18. The highest BCUT2D eigenvalue weighted by atomic mass is 16.3. The van der Waals surface area contributed by atoms with Gasteiger partial charge in [0.15, 0.2) is 0 Å². The SMILES string of the molecule is Cc1ccc(CN(C)CC(O)CCN)c(C)c1C. The van der Waals surface area contributed by atoms with Crippen molar-refractivity contribution in [3.05, 3.63) is 34.4 Å². The van der Waals surface area contributed by atoms with Gasteiger partial charge in [-0.1, -0.05) is 12.1 Å². The van der Waals surface area contributed by atoms with E-state index in [2.05, 4.69) is 37.8 Å². The highest BCUT2D eigenvalue weighted by Gasteiger charge is 2.10. The number of likely N-dealkylation sites (N-methyl/N-ethyl adjacent to an activating group) is 1. The zero-order valence-corrected chi connectivity index (χ0v) is 12.0. The predicted molar refractivity (Wildman–Crippen MR) is 76.7 cm³/mol. The van der Waals surface area contributed by atoms with Crippen molar-refractivity contribution in [2.24, 2.45) is 5.73 Å². The molecule has 0 aliphatic rings. The average molecular weight is 250 g/mol. The lowest BCUT2D eigenvalue weighted by atomic mass is 9.98. The number of aryl methyl sites for hydroxylation is 1. The number of hydrogen-bond acceptors (Lipinski definition) is 3. The standard InChI is InChI=1S/C15H26N2O/c1-11-5-6-14(13(3)12(11)2)9-17(4)10-15(18)7-8-16/h5-6,15,18H,7-10,16H2,1-4H3. The molecule has 0 radical (unpaired) electrons. The Morgan fingerprint density at radius 1 is 1.22 bits per heavy atom. The van der Waals surface area contributed by atoms with Gasteiger partial charge in [-0.3, -0.25) is 4.90 Å². The van der Waals surface area contributed by atoms with Crippen LogP contribution in [0.4, 0.5) is 0 Å². The topological polar surface area (TPSA) is 49.5 Å². The normalized spacial score (nSPS) is 13.1. The van der Waals surface area contributed by atoms with Gasteiger partial charge in [-0.15, -0.1) is 0 Å². The molecule has 1 unspecified atom stereocenters. The molecule has 3 nitrogen and oxygen atoms in total. The first-order valence-electron chi connectivity index (χ1n) is 6.58. The van der Waals surface area contributed by atoms with Crippen LogP contribution in [0.1, 0.15) is 28.7 Å². The highest BCUT2D eigenvalue weighted by molar-refractivity contribution is 5.38. The van der Waals surface area contributed by atoms with Crippen molar-refractivity contribution in [3.8, 4) is 0 Å². The Hall–Kier alpha value is -0.900. The molecule has 0 aromatic heterocycles. The summed E-state index contributed by atoms with van der Waals surface area (Å²) in [6.45, 7) is 8.55. The third-order valence-electron chi connectivity index (χ3n) is 3.63. The van der Waals surface area contributed by atoms with Crippen molar-refractivity contribution in [1.82, 2.24) is 4.90 Å². The maximum atomic E-state index is 9.74. The zero-order valence-electron chi connectivity index (χ0n) is 12.0. The minimum Gasteiger partial charge on any atom is -0.392 e. The number of aliphatic hydroxyl groups excluding tert-OH is 1. The molecule has 1 rings (SSSR count). The minimum atomic E-state index is -0.327. The van der Waals surface area contributed by atoms with Gasteiger partial charge in [0.2, 0.25) is 0 Å². The molecule has 0 aliphatic heterocycles. The second kappa shape index (κ2) is 6.88. The molecule has 3 N–H and O–H groups in total. The fourth-order valence-corrected chi connectivity index (χ4v) is 2.18. The Balaban J connectivity index is 2.65. The quantitative estimate of drug-likeness (QED) is 0.809. The molecule has 0 saturated carbocycles. The molecule has 3 heteroatoms. The van der Waals surface area contributed by atoms with Gasteiger partial charge in [-0.25, -0.2) is 0 Å². The van der Waals surface area contributed by atoms with Crippen LogP contribution in [0.25, 0.3) is 0 Å². The maximum Gasteiger partial charge on any atom is 0.0679 e. The van der Waals surface area contributed by atoms with Crippen molar-refractivity contribution < 1.29 is 5.11 Å². The molecule has 0 amide bonds. The van der Waals surface area contributed by atoms with Gasteiger partial charge in [-0.05, 0) is 63.0 Å². The van der Waals surface area contributed by atoms with Gasteiger partial charge >= 0.3 is 0 Å². The molecule has 0 aliphatic carbocycles. The lowest BCUT2D eigenvalue weighted by Crippen LogP contribution is -2.30. The van der Waals surface area contributed by atoms with E-state index in [1.54, 1.807) is 0 Å². The molecule has 18 heavy (non-hydrogen) atoms. The van der Waals surface area contributed by atoms with Crippen LogP contribution in [0.15, 0.2) is 12.1 Å². The number of nitrogens with zero attached hydrogens (tertiary/aromatic N) is 1. The van der Waals surface area contributed by atoms with Crippen molar-refractivity contribution in [2.75, 3.05) is 20.1 Å². The Kier molecular flexibility index (Phi) is 5.79. The number of hydrogen-bond donors (Lipinski definition) is 2. The van der Waals surface area contributed by atoms with Gasteiger partial charge in [0.25, 0.3) is 0 Å². The molecular weight excluding hydrogens is 224 g/mol. The molecule has 0 bridgehead atoms.